The molecule has 1 nitrogen and oxygen atoms in total. The summed E-state index contributed by atoms with van der Waals surface area (Å²) < 4.78 is 6.61. The highest BCUT2D eigenvalue weighted by Gasteiger charge is 2.13. The first-order valence-electron chi connectivity index (χ1n) is 21.9. The molecule has 272 valence electrons. The molecule has 2 atom stereocenters. The summed E-state index contributed by atoms with van der Waals surface area (Å²) in [5.74, 6) is 0. The van der Waals surface area contributed by atoms with Gasteiger partial charge in [0.1, 0.15) is 0 Å². The smallest absolute Gasteiger partial charge is 0.0576 e. The zero-order valence-corrected chi connectivity index (χ0v) is 32.4. The first-order valence-corrected chi connectivity index (χ1v) is 21.9. The fraction of sp³-hybridized carbons (Fsp3) is 1.00. The van der Waals surface area contributed by atoms with Crippen molar-refractivity contribution >= 4 is 0 Å². The second kappa shape index (κ2) is 40.1. The van der Waals surface area contributed by atoms with Crippen molar-refractivity contribution in [2.45, 2.75) is 284 Å². The van der Waals surface area contributed by atoms with Gasteiger partial charge in [0, 0.05) is 0 Å². The van der Waals surface area contributed by atoms with Crippen LogP contribution >= 0.6 is 0 Å². The van der Waals surface area contributed by atoms with Crippen LogP contribution < -0.4 is 0 Å². The predicted molar refractivity (Wildman–Crippen MR) is 207 cm³/mol. The first-order chi connectivity index (χ1) is 22.3. The summed E-state index contributed by atoms with van der Waals surface area (Å²) >= 11 is 0. The van der Waals surface area contributed by atoms with Crippen LogP contribution in [0.4, 0.5) is 0 Å². The molecular formula is C44H90O. The highest BCUT2D eigenvalue weighted by Crippen LogP contribution is 2.20. The van der Waals surface area contributed by atoms with Crippen molar-refractivity contribution < 1.29 is 4.74 Å². The summed E-state index contributed by atoms with van der Waals surface area (Å²) in [4.78, 5) is 0. The van der Waals surface area contributed by atoms with E-state index < -0.39 is 0 Å². The van der Waals surface area contributed by atoms with Crippen molar-refractivity contribution in [2.24, 2.45) is 0 Å². The van der Waals surface area contributed by atoms with E-state index in [2.05, 4.69) is 27.7 Å². The van der Waals surface area contributed by atoms with Gasteiger partial charge in [-0.1, -0.05) is 246 Å². The Morgan fingerprint density at radius 3 is 0.600 bits per heavy atom. The van der Waals surface area contributed by atoms with Crippen LogP contribution in [0.15, 0.2) is 0 Å². The Bertz CT molecular complexity index is 457. The SMILES string of the molecule is CCCCCCCCCCCCCCCCCCCC(CC)OC(CC)CCCCCCCCCCCCCCCCCCC. The summed E-state index contributed by atoms with van der Waals surface area (Å²) in [5, 5.41) is 0. The van der Waals surface area contributed by atoms with Gasteiger partial charge < -0.3 is 4.74 Å². The molecule has 0 aliphatic carbocycles. The van der Waals surface area contributed by atoms with Gasteiger partial charge in [0.2, 0.25) is 0 Å². The monoisotopic (exact) mass is 635 g/mol. The standard InChI is InChI=1S/C44H90O/c1-5-9-11-13-15-17-19-21-23-25-27-29-31-33-35-37-39-41-43(7-3)45-44(8-4)42-40-38-36-34-32-30-28-26-24-22-20-18-16-14-12-10-6-2/h43-44H,5-42H2,1-4H3. The lowest BCUT2D eigenvalue weighted by molar-refractivity contribution is -0.0257. The van der Waals surface area contributed by atoms with Crippen molar-refractivity contribution in [3.63, 3.8) is 0 Å². The topological polar surface area (TPSA) is 9.23 Å². The molecule has 0 radical (unpaired) electrons. The molecule has 0 N–H and O–H groups in total. The summed E-state index contributed by atoms with van der Waals surface area (Å²) in [6.45, 7) is 9.28. The third-order valence-electron chi connectivity index (χ3n) is 10.6. The molecule has 0 aliphatic rings. The van der Waals surface area contributed by atoms with Crippen molar-refractivity contribution in [1.82, 2.24) is 0 Å². The van der Waals surface area contributed by atoms with Gasteiger partial charge >= 0.3 is 0 Å². The van der Waals surface area contributed by atoms with Gasteiger partial charge in [0.05, 0.1) is 12.2 Å². The van der Waals surface area contributed by atoms with E-state index >= 15 is 0 Å². The Hall–Kier alpha value is -0.0400. The van der Waals surface area contributed by atoms with E-state index in [-0.39, 0.29) is 0 Å². The Labute approximate surface area is 288 Å². The first kappa shape index (κ1) is 45.0. The molecule has 0 saturated heterocycles. The molecule has 0 saturated carbocycles. The average molecular weight is 635 g/mol. The van der Waals surface area contributed by atoms with Crippen LogP contribution in [0.1, 0.15) is 272 Å². The third-order valence-corrected chi connectivity index (χ3v) is 10.6. The van der Waals surface area contributed by atoms with Gasteiger partial charge in [-0.2, -0.15) is 0 Å². The van der Waals surface area contributed by atoms with Gasteiger partial charge in [0.25, 0.3) is 0 Å². The fourth-order valence-electron chi connectivity index (χ4n) is 7.20. The second-order valence-corrected chi connectivity index (χ2v) is 15.1. The largest absolute Gasteiger partial charge is 0.375 e. The average Bonchev–Trinajstić information content (AvgIpc) is 3.06. The van der Waals surface area contributed by atoms with Crippen LogP contribution in [0, 0.1) is 0 Å². The van der Waals surface area contributed by atoms with Crippen LogP contribution in [-0.4, -0.2) is 12.2 Å². The number of unbranched alkanes of at least 4 members (excludes halogenated alkanes) is 32. The quantitative estimate of drug-likeness (QED) is 0.0609. The zero-order valence-electron chi connectivity index (χ0n) is 32.4. The Morgan fingerprint density at radius 1 is 0.244 bits per heavy atom. The highest BCUT2D eigenvalue weighted by molar-refractivity contribution is 4.63. The van der Waals surface area contributed by atoms with Crippen LogP contribution in [0.5, 0.6) is 0 Å². The maximum Gasteiger partial charge on any atom is 0.0576 e. The summed E-state index contributed by atoms with van der Waals surface area (Å²) in [5.41, 5.74) is 0. The maximum atomic E-state index is 6.61. The number of hydrogen-bond acceptors (Lipinski definition) is 1. The van der Waals surface area contributed by atoms with Gasteiger partial charge in [-0.3, -0.25) is 0 Å². The van der Waals surface area contributed by atoms with Gasteiger partial charge in [-0.25, -0.2) is 0 Å². The van der Waals surface area contributed by atoms with E-state index in [9.17, 15) is 0 Å². The van der Waals surface area contributed by atoms with E-state index in [1.165, 1.54) is 244 Å². The van der Waals surface area contributed by atoms with Gasteiger partial charge in [-0.05, 0) is 25.7 Å². The van der Waals surface area contributed by atoms with Crippen LogP contribution in [0.25, 0.3) is 0 Å². The molecule has 0 rings (SSSR count). The minimum absolute atomic E-state index is 0.497. The molecule has 45 heavy (non-hydrogen) atoms. The molecule has 0 bridgehead atoms. The van der Waals surface area contributed by atoms with Crippen molar-refractivity contribution in [2.75, 3.05) is 0 Å². The lowest BCUT2D eigenvalue weighted by atomic mass is 10.0. The molecule has 0 aromatic heterocycles. The predicted octanol–water partition coefficient (Wildman–Crippen LogP) is 16.6. The normalized spacial score (nSPS) is 13.1. The molecular weight excluding hydrogens is 544 g/mol. The second-order valence-electron chi connectivity index (χ2n) is 15.1. The molecule has 0 fully saturated rings. The Balaban J connectivity index is 3.47. The van der Waals surface area contributed by atoms with Crippen LogP contribution in [0.3, 0.4) is 0 Å². The van der Waals surface area contributed by atoms with E-state index in [1.54, 1.807) is 0 Å². The summed E-state index contributed by atoms with van der Waals surface area (Å²) in [6, 6.07) is 0. The van der Waals surface area contributed by atoms with Crippen molar-refractivity contribution in [3.05, 3.63) is 0 Å². The molecule has 1 heteroatoms. The van der Waals surface area contributed by atoms with E-state index in [4.69, 9.17) is 4.74 Å². The van der Waals surface area contributed by atoms with Crippen molar-refractivity contribution in [1.29, 1.82) is 0 Å². The minimum Gasteiger partial charge on any atom is -0.375 e. The molecule has 0 heterocycles. The maximum absolute atomic E-state index is 6.61. The van der Waals surface area contributed by atoms with Crippen LogP contribution in [-0.2, 0) is 4.74 Å². The molecule has 0 aromatic rings. The van der Waals surface area contributed by atoms with Gasteiger partial charge in [-0.15, -0.1) is 0 Å². The molecule has 0 aliphatic heterocycles. The zero-order chi connectivity index (χ0) is 32.7. The molecule has 0 amide bonds. The summed E-state index contributed by atoms with van der Waals surface area (Å²) in [6.07, 6.45) is 55.3. The Kier molecular flexibility index (Phi) is 40.1. The molecule has 0 spiro atoms. The number of ether oxygens (including phenoxy) is 1. The third kappa shape index (κ3) is 36.6. The van der Waals surface area contributed by atoms with E-state index in [0.29, 0.717) is 12.2 Å². The van der Waals surface area contributed by atoms with Gasteiger partial charge in [0.15, 0.2) is 0 Å². The van der Waals surface area contributed by atoms with Crippen LogP contribution in [0.2, 0.25) is 0 Å². The summed E-state index contributed by atoms with van der Waals surface area (Å²) in [7, 11) is 0. The lowest BCUT2D eigenvalue weighted by Gasteiger charge is -2.23. The molecule has 2 unspecified atom stereocenters. The number of hydrogen-bond donors (Lipinski definition) is 0. The molecule has 0 aromatic carbocycles. The Morgan fingerprint density at radius 2 is 0.422 bits per heavy atom. The van der Waals surface area contributed by atoms with E-state index in [0.717, 1.165) is 0 Å². The minimum atomic E-state index is 0.497. The highest BCUT2D eigenvalue weighted by atomic mass is 16.5. The number of rotatable bonds is 40. The van der Waals surface area contributed by atoms with E-state index in [1.807, 2.05) is 0 Å². The van der Waals surface area contributed by atoms with Crippen molar-refractivity contribution in [3.8, 4) is 0 Å². The fourth-order valence-corrected chi connectivity index (χ4v) is 7.20. The lowest BCUT2D eigenvalue weighted by Crippen LogP contribution is -2.21.